The number of aromatic nitrogens is 1. The first kappa shape index (κ1) is 13.6. The van der Waals surface area contributed by atoms with Crippen molar-refractivity contribution in [1.82, 2.24) is 4.40 Å². The van der Waals surface area contributed by atoms with Crippen molar-refractivity contribution in [2.45, 2.75) is 0 Å². The van der Waals surface area contributed by atoms with E-state index >= 15 is 0 Å². The second-order valence-corrected chi connectivity index (χ2v) is 8.58. The molecule has 4 heteroatoms. The van der Waals surface area contributed by atoms with E-state index in [1.807, 2.05) is 0 Å². The Hall–Kier alpha value is -0.850. The summed E-state index contributed by atoms with van der Waals surface area (Å²) in [5.41, 5.74) is 3.85. The van der Waals surface area contributed by atoms with E-state index in [0.717, 1.165) is 8.95 Å². The SMILES string of the molecule is Brc1ccc2c(c1)c1cc(Br)cc3c4cc(I)ccc4n2c13. The number of benzene rings is 3. The number of nitrogens with zero attached hydrogens (tertiary/aromatic N) is 1. The van der Waals surface area contributed by atoms with E-state index in [0.29, 0.717) is 0 Å². The van der Waals surface area contributed by atoms with Crippen LogP contribution in [0.5, 0.6) is 0 Å². The molecule has 0 fully saturated rings. The summed E-state index contributed by atoms with van der Waals surface area (Å²) in [4.78, 5) is 0. The summed E-state index contributed by atoms with van der Waals surface area (Å²) in [6.45, 7) is 0. The van der Waals surface area contributed by atoms with E-state index in [2.05, 4.69) is 107 Å². The highest BCUT2D eigenvalue weighted by molar-refractivity contribution is 14.1. The minimum absolute atomic E-state index is 1.11. The number of halogens is 3. The first-order valence-corrected chi connectivity index (χ1v) is 9.53. The van der Waals surface area contributed by atoms with Gasteiger partial charge in [-0.15, -0.1) is 0 Å². The molecule has 0 amide bonds. The smallest absolute Gasteiger partial charge is 0.0621 e. The minimum atomic E-state index is 1.11. The molecule has 0 atom stereocenters. The molecule has 0 bridgehead atoms. The topological polar surface area (TPSA) is 4.41 Å². The number of hydrogen-bond donors (Lipinski definition) is 0. The standard InChI is InChI=1S/C18H8Br2IN/c19-9-1-3-16-12(5-9)14-6-10(20)7-15-13-8-11(21)2-4-17(13)22(16)18(14)15/h1-8H. The summed E-state index contributed by atoms with van der Waals surface area (Å²) in [6, 6.07) is 17.7. The maximum atomic E-state index is 3.68. The van der Waals surface area contributed by atoms with Crippen molar-refractivity contribution < 1.29 is 0 Å². The van der Waals surface area contributed by atoms with Crippen LogP contribution in [0.25, 0.3) is 38.1 Å². The molecule has 5 rings (SSSR count). The summed E-state index contributed by atoms with van der Waals surface area (Å²) in [7, 11) is 0. The van der Waals surface area contributed by atoms with Gasteiger partial charge in [0.2, 0.25) is 0 Å². The van der Waals surface area contributed by atoms with Gasteiger partial charge in [0.1, 0.15) is 0 Å². The number of fused-ring (bicyclic) bond motifs is 6. The zero-order chi connectivity index (χ0) is 15.0. The normalized spacial score (nSPS) is 12.3. The molecule has 0 radical (unpaired) electrons. The molecule has 2 aromatic heterocycles. The van der Waals surface area contributed by atoms with Gasteiger partial charge >= 0.3 is 0 Å². The van der Waals surface area contributed by atoms with Crippen molar-refractivity contribution in [2.24, 2.45) is 0 Å². The minimum Gasteiger partial charge on any atom is -0.308 e. The summed E-state index contributed by atoms with van der Waals surface area (Å²) in [5, 5.41) is 5.21. The monoisotopic (exact) mass is 523 g/mol. The lowest BCUT2D eigenvalue weighted by Gasteiger charge is -1.99. The molecule has 0 spiro atoms. The van der Waals surface area contributed by atoms with Gasteiger partial charge < -0.3 is 4.40 Å². The van der Waals surface area contributed by atoms with Crippen molar-refractivity contribution in [3.05, 3.63) is 61.0 Å². The van der Waals surface area contributed by atoms with Crippen LogP contribution in [0.15, 0.2) is 57.5 Å². The Kier molecular flexibility index (Phi) is 2.83. The molecule has 5 aromatic rings. The lowest BCUT2D eigenvalue weighted by molar-refractivity contribution is 1.37. The average molecular weight is 525 g/mol. The summed E-state index contributed by atoms with van der Waals surface area (Å²) >= 11 is 9.67. The maximum Gasteiger partial charge on any atom is 0.0621 e. The highest BCUT2D eigenvalue weighted by atomic mass is 127. The molecule has 2 heterocycles. The van der Waals surface area contributed by atoms with Crippen LogP contribution in [-0.2, 0) is 0 Å². The lowest BCUT2D eigenvalue weighted by Crippen LogP contribution is -1.80. The van der Waals surface area contributed by atoms with Crippen molar-refractivity contribution in [3.63, 3.8) is 0 Å². The Bertz CT molecular complexity index is 1120. The third-order valence-electron chi connectivity index (χ3n) is 4.28. The highest BCUT2D eigenvalue weighted by Crippen LogP contribution is 2.41. The summed E-state index contributed by atoms with van der Waals surface area (Å²) in [5.74, 6) is 0. The predicted octanol–water partition coefficient (Wildman–Crippen LogP) is 6.97. The Morgan fingerprint density at radius 2 is 1.27 bits per heavy atom. The number of hydrogen-bond acceptors (Lipinski definition) is 0. The largest absolute Gasteiger partial charge is 0.308 e. The summed E-state index contributed by atoms with van der Waals surface area (Å²) in [6.07, 6.45) is 0. The van der Waals surface area contributed by atoms with Gasteiger partial charge in [0.15, 0.2) is 0 Å². The van der Waals surface area contributed by atoms with Crippen LogP contribution in [0.1, 0.15) is 0 Å². The Labute approximate surface area is 157 Å². The van der Waals surface area contributed by atoms with Crippen LogP contribution in [-0.4, -0.2) is 4.40 Å². The van der Waals surface area contributed by atoms with Gasteiger partial charge in [0.05, 0.1) is 16.6 Å². The molecule has 0 unspecified atom stereocenters. The molecule has 0 aliphatic heterocycles. The fraction of sp³-hybridized carbons (Fsp3) is 0. The van der Waals surface area contributed by atoms with Crippen molar-refractivity contribution in [3.8, 4) is 0 Å². The first-order chi connectivity index (χ1) is 10.6. The fourth-order valence-electron chi connectivity index (χ4n) is 3.46. The predicted molar refractivity (Wildman–Crippen MR) is 109 cm³/mol. The van der Waals surface area contributed by atoms with Gasteiger partial charge in [0, 0.05) is 34.1 Å². The van der Waals surface area contributed by atoms with Crippen LogP contribution in [0.4, 0.5) is 0 Å². The van der Waals surface area contributed by atoms with Crippen molar-refractivity contribution >= 4 is 92.5 Å². The van der Waals surface area contributed by atoms with E-state index in [-0.39, 0.29) is 0 Å². The van der Waals surface area contributed by atoms with Crippen LogP contribution in [0, 0.1) is 3.57 Å². The van der Waals surface area contributed by atoms with Gasteiger partial charge in [-0.3, -0.25) is 0 Å². The summed E-state index contributed by atoms with van der Waals surface area (Å²) < 4.78 is 5.90. The van der Waals surface area contributed by atoms with Gasteiger partial charge in [-0.25, -0.2) is 0 Å². The van der Waals surface area contributed by atoms with Crippen molar-refractivity contribution in [1.29, 1.82) is 0 Å². The Balaban J connectivity index is 2.22. The molecule has 0 saturated heterocycles. The van der Waals surface area contributed by atoms with Gasteiger partial charge in [-0.2, -0.15) is 0 Å². The Morgan fingerprint density at radius 1 is 0.682 bits per heavy atom. The highest BCUT2D eigenvalue weighted by Gasteiger charge is 2.18. The molecule has 22 heavy (non-hydrogen) atoms. The zero-order valence-corrected chi connectivity index (χ0v) is 16.5. The lowest BCUT2D eigenvalue weighted by atomic mass is 10.1. The molecule has 0 saturated carbocycles. The van der Waals surface area contributed by atoms with Gasteiger partial charge in [-0.1, -0.05) is 31.9 Å². The van der Waals surface area contributed by atoms with Gasteiger partial charge in [0.25, 0.3) is 0 Å². The van der Waals surface area contributed by atoms with Crippen LogP contribution in [0.2, 0.25) is 0 Å². The second-order valence-electron chi connectivity index (χ2n) is 5.51. The van der Waals surface area contributed by atoms with Crippen LogP contribution in [0.3, 0.4) is 0 Å². The zero-order valence-electron chi connectivity index (χ0n) is 11.2. The van der Waals surface area contributed by atoms with E-state index < -0.39 is 0 Å². The average Bonchev–Trinajstić information content (AvgIpc) is 2.96. The molecule has 0 N–H and O–H groups in total. The molecular formula is C18H8Br2IN. The quantitative estimate of drug-likeness (QED) is 0.193. The molecule has 3 aromatic carbocycles. The third kappa shape index (κ3) is 1.69. The maximum absolute atomic E-state index is 3.68. The third-order valence-corrected chi connectivity index (χ3v) is 5.90. The Morgan fingerprint density at radius 3 is 2.00 bits per heavy atom. The fourth-order valence-corrected chi connectivity index (χ4v) is 4.77. The molecule has 0 aliphatic carbocycles. The van der Waals surface area contributed by atoms with Crippen molar-refractivity contribution in [2.75, 3.05) is 0 Å². The van der Waals surface area contributed by atoms with E-state index in [1.165, 1.54) is 41.7 Å². The van der Waals surface area contributed by atoms with Crippen LogP contribution < -0.4 is 0 Å². The van der Waals surface area contributed by atoms with Crippen LogP contribution >= 0.6 is 54.5 Å². The molecule has 106 valence electrons. The second kappa shape index (κ2) is 4.58. The molecule has 1 nitrogen and oxygen atoms in total. The van der Waals surface area contributed by atoms with Gasteiger partial charge in [-0.05, 0) is 71.1 Å². The van der Waals surface area contributed by atoms with E-state index in [1.54, 1.807) is 0 Å². The number of rotatable bonds is 0. The van der Waals surface area contributed by atoms with E-state index in [9.17, 15) is 0 Å². The van der Waals surface area contributed by atoms with E-state index in [4.69, 9.17) is 0 Å². The molecule has 0 aliphatic rings. The first-order valence-electron chi connectivity index (χ1n) is 6.87. The molecular weight excluding hydrogens is 517 g/mol.